The summed E-state index contributed by atoms with van der Waals surface area (Å²) in [5, 5.41) is 6.59. The van der Waals surface area contributed by atoms with Crippen molar-refractivity contribution in [1.82, 2.24) is 0 Å². The third kappa shape index (κ3) is 7.00. The number of carbonyl (C=O) groups is 1. The van der Waals surface area contributed by atoms with Crippen molar-refractivity contribution in [2.75, 3.05) is 37.4 Å². The van der Waals surface area contributed by atoms with Crippen molar-refractivity contribution in [2.24, 2.45) is 5.73 Å². The van der Waals surface area contributed by atoms with Crippen LogP contribution in [0.1, 0.15) is 6.42 Å². The summed E-state index contributed by atoms with van der Waals surface area (Å²) in [7, 11) is 1.59. The molecule has 1 amide bonds. The number of hydrogen-bond donors (Lipinski definition) is 3. The second-order valence-electron chi connectivity index (χ2n) is 5.23. The van der Waals surface area contributed by atoms with Gasteiger partial charge in [-0.25, -0.2) is 0 Å². The quantitative estimate of drug-likeness (QED) is 0.600. The summed E-state index contributed by atoms with van der Waals surface area (Å²) < 4.78 is 10.6. The molecular formula is C18H23Cl2N3O3. The molecule has 0 spiro atoms. The molecule has 8 heteroatoms. The van der Waals surface area contributed by atoms with Crippen molar-refractivity contribution >= 4 is 41.3 Å². The standard InChI is InChI=1S/C18H22ClN3O3.ClH/c1-24-17-7-2-13(19)12-16(17)21-10-8-18(23)22-14-3-5-15(6-4-14)25-11-9-20;/h2-7,12,21H,8-11,20H2,1H3,(H,22,23);1H. The summed E-state index contributed by atoms with van der Waals surface area (Å²) in [5.41, 5.74) is 6.85. The van der Waals surface area contributed by atoms with E-state index in [0.29, 0.717) is 42.6 Å². The molecule has 2 aromatic carbocycles. The van der Waals surface area contributed by atoms with Crippen LogP contribution in [0.5, 0.6) is 11.5 Å². The monoisotopic (exact) mass is 399 g/mol. The number of rotatable bonds is 9. The first-order chi connectivity index (χ1) is 12.1. The van der Waals surface area contributed by atoms with E-state index in [9.17, 15) is 4.79 Å². The number of carbonyl (C=O) groups excluding carboxylic acids is 1. The van der Waals surface area contributed by atoms with Crippen LogP contribution in [0.2, 0.25) is 5.02 Å². The molecule has 0 bridgehead atoms. The smallest absolute Gasteiger partial charge is 0.226 e. The number of methoxy groups -OCH3 is 1. The first-order valence-corrected chi connectivity index (χ1v) is 8.30. The summed E-state index contributed by atoms with van der Waals surface area (Å²) >= 11 is 5.98. The van der Waals surface area contributed by atoms with Gasteiger partial charge in [-0.2, -0.15) is 0 Å². The number of nitrogens with one attached hydrogen (secondary N) is 2. The van der Waals surface area contributed by atoms with E-state index in [1.165, 1.54) is 0 Å². The van der Waals surface area contributed by atoms with Crippen LogP contribution in [0, 0.1) is 0 Å². The van der Waals surface area contributed by atoms with Crippen molar-refractivity contribution in [3.63, 3.8) is 0 Å². The molecule has 0 radical (unpaired) electrons. The summed E-state index contributed by atoms with van der Waals surface area (Å²) in [6.07, 6.45) is 0.307. The second kappa shape index (κ2) is 11.5. The Hall–Kier alpha value is -2.15. The molecular weight excluding hydrogens is 377 g/mol. The molecule has 2 aromatic rings. The Morgan fingerprint density at radius 2 is 1.92 bits per heavy atom. The van der Waals surface area contributed by atoms with Gasteiger partial charge >= 0.3 is 0 Å². The maximum absolute atomic E-state index is 12.0. The fraction of sp³-hybridized carbons (Fsp3) is 0.278. The molecule has 0 aliphatic heterocycles. The number of hydrogen-bond acceptors (Lipinski definition) is 5. The predicted octanol–water partition coefficient (Wildman–Crippen LogP) is 3.55. The highest BCUT2D eigenvalue weighted by molar-refractivity contribution is 6.30. The highest BCUT2D eigenvalue weighted by Gasteiger charge is 2.06. The number of halogens is 2. The molecule has 0 aliphatic rings. The van der Waals surface area contributed by atoms with Gasteiger partial charge in [-0.1, -0.05) is 11.6 Å². The van der Waals surface area contributed by atoms with E-state index in [1.807, 2.05) is 0 Å². The number of nitrogens with two attached hydrogens (primary N) is 1. The third-order valence-electron chi connectivity index (χ3n) is 3.35. The van der Waals surface area contributed by atoms with E-state index < -0.39 is 0 Å². The Bertz CT molecular complexity index is 697. The second-order valence-corrected chi connectivity index (χ2v) is 5.67. The van der Waals surface area contributed by atoms with Gasteiger partial charge in [0.05, 0.1) is 12.8 Å². The molecule has 0 unspecified atom stereocenters. The molecule has 4 N–H and O–H groups in total. The van der Waals surface area contributed by atoms with Gasteiger partial charge in [0.25, 0.3) is 0 Å². The SMILES string of the molecule is COc1ccc(Cl)cc1NCCC(=O)Nc1ccc(OCCN)cc1.Cl. The Morgan fingerprint density at radius 1 is 1.19 bits per heavy atom. The van der Waals surface area contributed by atoms with E-state index in [2.05, 4.69) is 10.6 Å². The number of ether oxygens (including phenoxy) is 2. The van der Waals surface area contributed by atoms with Crippen LogP contribution in [0.25, 0.3) is 0 Å². The van der Waals surface area contributed by atoms with Gasteiger partial charge in [0.2, 0.25) is 5.91 Å². The van der Waals surface area contributed by atoms with Crippen molar-refractivity contribution in [2.45, 2.75) is 6.42 Å². The molecule has 0 heterocycles. The molecule has 26 heavy (non-hydrogen) atoms. The van der Waals surface area contributed by atoms with Crippen molar-refractivity contribution in [3.8, 4) is 11.5 Å². The normalized spacial score (nSPS) is 9.81. The van der Waals surface area contributed by atoms with Gasteiger partial charge in [0.1, 0.15) is 18.1 Å². The zero-order chi connectivity index (χ0) is 18.1. The minimum absolute atomic E-state index is 0. The zero-order valence-corrected chi connectivity index (χ0v) is 16.0. The molecule has 0 saturated heterocycles. The predicted molar refractivity (Wildman–Crippen MR) is 108 cm³/mol. The first-order valence-electron chi connectivity index (χ1n) is 7.92. The molecule has 0 aliphatic carbocycles. The summed E-state index contributed by atoms with van der Waals surface area (Å²) in [5.74, 6) is 1.31. The summed E-state index contributed by atoms with van der Waals surface area (Å²) in [4.78, 5) is 12.0. The van der Waals surface area contributed by atoms with Crippen molar-refractivity contribution in [3.05, 3.63) is 47.5 Å². The maximum atomic E-state index is 12.0. The van der Waals surface area contributed by atoms with E-state index in [1.54, 1.807) is 49.6 Å². The molecule has 6 nitrogen and oxygen atoms in total. The largest absolute Gasteiger partial charge is 0.495 e. The lowest BCUT2D eigenvalue weighted by Gasteiger charge is -2.12. The third-order valence-corrected chi connectivity index (χ3v) is 3.59. The van der Waals surface area contributed by atoms with Crippen LogP contribution >= 0.6 is 24.0 Å². The van der Waals surface area contributed by atoms with Crippen LogP contribution < -0.4 is 25.8 Å². The van der Waals surface area contributed by atoms with E-state index in [-0.39, 0.29) is 18.3 Å². The summed E-state index contributed by atoms with van der Waals surface area (Å²) in [6, 6.07) is 12.5. The van der Waals surface area contributed by atoms with Crippen LogP contribution in [-0.2, 0) is 4.79 Å². The fourth-order valence-electron chi connectivity index (χ4n) is 2.16. The van der Waals surface area contributed by atoms with Crippen molar-refractivity contribution < 1.29 is 14.3 Å². The minimum Gasteiger partial charge on any atom is -0.495 e. The van der Waals surface area contributed by atoms with Gasteiger partial charge in [0, 0.05) is 30.2 Å². The van der Waals surface area contributed by atoms with Gasteiger partial charge in [0.15, 0.2) is 0 Å². The highest BCUT2D eigenvalue weighted by atomic mass is 35.5. The number of amides is 1. The average molecular weight is 400 g/mol. The molecule has 142 valence electrons. The lowest BCUT2D eigenvalue weighted by Crippen LogP contribution is -2.16. The number of benzene rings is 2. The lowest BCUT2D eigenvalue weighted by atomic mass is 10.2. The Morgan fingerprint density at radius 3 is 2.58 bits per heavy atom. The highest BCUT2D eigenvalue weighted by Crippen LogP contribution is 2.27. The van der Waals surface area contributed by atoms with Crippen LogP contribution in [-0.4, -0.2) is 32.7 Å². The molecule has 0 aromatic heterocycles. The fourth-order valence-corrected chi connectivity index (χ4v) is 2.34. The van der Waals surface area contributed by atoms with Crippen LogP contribution in [0.3, 0.4) is 0 Å². The Labute approximate surface area is 164 Å². The molecule has 2 rings (SSSR count). The lowest BCUT2D eigenvalue weighted by molar-refractivity contribution is -0.115. The minimum atomic E-state index is -0.0934. The summed E-state index contributed by atoms with van der Waals surface area (Å²) in [6.45, 7) is 1.38. The van der Waals surface area contributed by atoms with Gasteiger partial charge in [-0.05, 0) is 42.5 Å². The van der Waals surface area contributed by atoms with Crippen molar-refractivity contribution in [1.29, 1.82) is 0 Å². The van der Waals surface area contributed by atoms with Crippen LogP contribution in [0.15, 0.2) is 42.5 Å². The van der Waals surface area contributed by atoms with Gasteiger partial charge in [-0.15, -0.1) is 12.4 Å². The van der Waals surface area contributed by atoms with E-state index >= 15 is 0 Å². The average Bonchev–Trinajstić information content (AvgIpc) is 2.61. The Kier molecular flexibility index (Phi) is 9.65. The first kappa shape index (κ1) is 21.9. The Balaban J connectivity index is 0.00000338. The maximum Gasteiger partial charge on any atom is 0.226 e. The number of anilines is 2. The molecule has 0 atom stereocenters. The molecule has 0 fully saturated rings. The molecule has 0 saturated carbocycles. The van der Waals surface area contributed by atoms with E-state index in [0.717, 1.165) is 11.4 Å². The zero-order valence-electron chi connectivity index (χ0n) is 14.5. The van der Waals surface area contributed by atoms with Crippen LogP contribution in [0.4, 0.5) is 11.4 Å². The van der Waals surface area contributed by atoms with E-state index in [4.69, 9.17) is 26.8 Å². The van der Waals surface area contributed by atoms with Gasteiger partial charge in [-0.3, -0.25) is 4.79 Å². The topological polar surface area (TPSA) is 85.6 Å². The van der Waals surface area contributed by atoms with Gasteiger partial charge < -0.3 is 25.8 Å².